The molecule has 0 radical (unpaired) electrons. The average molecular weight is 338 g/mol. The number of para-hydroxylation sites is 1. The maximum Gasteiger partial charge on any atom is 0.265 e. The minimum atomic E-state index is -0.722. The van der Waals surface area contributed by atoms with Crippen LogP contribution in [-0.2, 0) is 4.79 Å². The van der Waals surface area contributed by atoms with Gasteiger partial charge in [-0.25, -0.2) is 4.39 Å². The zero-order chi connectivity index (χ0) is 14.5. The van der Waals surface area contributed by atoms with E-state index in [1.165, 1.54) is 12.1 Å². The maximum absolute atomic E-state index is 13.6. The molecule has 0 unspecified atom stereocenters. The van der Waals surface area contributed by atoms with E-state index in [1.54, 1.807) is 25.1 Å². The van der Waals surface area contributed by atoms with E-state index in [0.717, 1.165) is 0 Å². The van der Waals surface area contributed by atoms with Gasteiger partial charge < -0.3 is 10.1 Å². The second-order valence-corrected chi connectivity index (χ2v) is 5.10. The summed E-state index contributed by atoms with van der Waals surface area (Å²) in [7, 11) is 0. The Bertz CT molecular complexity index is 604. The van der Waals surface area contributed by atoms with Crippen molar-refractivity contribution in [2.45, 2.75) is 13.0 Å². The predicted octanol–water partition coefficient (Wildman–Crippen LogP) is 3.99. The van der Waals surface area contributed by atoms with Gasteiger partial charge in [0.2, 0.25) is 0 Å². The van der Waals surface area contributed by atoms with Crippen molar-refractivity contribution >= 4 is 27.5 Å². The van der Waals surface area contributed by atoms with Gasteiger partial charge >= 0.3 is 0 Å². The van der Waals surface area contributed by atoms with Gasteiger partial charge in [0.05, 0.1) is 5.69 Å². The van der Waals surface area contributed by atoms with Crippen molar-refractivity contribution in [3.63, 3.8) is 0 Å². The van der Waals surface area contributed by atoms with Crippen LogP contribution in [0.2, 0.25) is 0 Å². The molecule has 3 nitrogen and oxygen atoms in total. The Kier molecular flexibility index (Phi) is 4.74. The smallest absolute Gasteiger partial charge is 0.265 e. The van der Waals surface area contributed by atoms with E-state index in [4.69, 9.17) is 4.74 Å². The lowest BCUT2D eigenvalue weighted by Crippen LogP contribution is -2.30. The van der Waals surface area contributed by atoms with Crippen LogP contribution in [0.3, 0.4) is 0 Å². The fourth-order valence-electron chi connectivity index (χ4n) is 1.58. The Hall–Kier alpha value is -1.88. The van der Waals surface area contributed by atoms with Gasteiger partial charge in [-0.15, -0.1) is 0 Å². The summed E-state index contributed by atoms with van der Waals surface area (Å²) >= 11 is 3.16. The van der Waals surface area contributed by atoms with Crippen LogP contribution in [0.4, 0.5) is 10.1 Å². The van der Waals surface area contributed by atoms with Crippen molar-refractivity contribution in [2.24, 2.45) is 0 Å². The number of anilines is 1. The van der Waals surface area contributed by atoms with E-state index >= 15 is 0 Å². The summed E-state index contributed by atoms with van der Waals surface area (Å²) in [4.78, 5) is 11.9. The van der Waals surface area contributed by atoms with E-state index in [2.05, 4.69) is 21.2 Å². The predicted molar refractivity (Wildman–Crippen MR) is 79.3 cm³/mol. The third-order valence-corrected chi connectivity index (χ3v) is 3.11. The van der Waals surface area contributed by atoms with E-state index in [0.29, 0.717) is 10.2 Å². The molecule has 2 aromatic rings. The first-order valence-corrected chi connectivity index (χ1v) is 6.83. The molecule has 2 rings (SSSR count). The molecule has 0 aromatic heterocycles. The molecule has 0 heterocycles. The molecule has 1 atom stereocenters. The first-order chi connectivity index (χ1) is 9.56. The summed E-state index contributed by atoms with van der Waals surface area (Å²) in [5.41, 5.74) is 0.127. The van der Waals surface area contributed by atoms with Gasteiger partial charge in [0.25, 0.3) is 5.91 Å². The van der Waals surface area contributed by atoms with Crippen molar-refractivity contribution in [2.75, 3.05) is 5.32 Å². The Balaban J connectivity index is 2.01. The molecule has 0 saturated carbocycles. The number of amides is 1. The van der Waals surface area contributed by atoms with Crippen LogP contribution in [0.25, 0.3) is 0 Å². The number of hydrogen-bond donors (Lipinski definition) is 1. The van der Waals surface area contributed by atoms with Gasteiger partial charge in [0, 0.05) is 4.47 Å². The second kappa shape index (κ2) is 6.52. The first kappa shape index (κ1) is 14.5. The van der Waals surface area contributed by atoms with E-state index in [1.807, 2.05) is 18.2 Å². The monoisotopic (exact) mass is 337 g/mol. The lowest BCUT2D eigenvalue weighted by atomic mass is 10.3. The highest BCUT2D eigenvalue weighted by Crippen LogP contribution is 2.20. The summed E-state index contributed by atoms with van der Waals surface area (Å²) in [6, 6.07) is 13.4. The second-order valence-electron chi connectivity index (χ2n) is 4.19. The normalized spacial score (nSPS) is 11.8. The minimum absolute atomic E-state index is 0.127. The van der Waals surface area contributed by atoms with Crippen LogP contribution < -0.4 is 10.1 Å². The molecule has 0 aliphatic rings. The standard InChI is InChI=1S/C15H13BrFNO2/c1-10(20-12-5-3-2-4-6-12)15(19)18-14-8-7-11(16)9-13(14)17/h2-10H,1H3,(H,18,19)/t10-/m1/s1. The number of hydrogen-bond acceptors (Lipinski definition) is 2. The molecule has 1 amide bonds. The van der Waals surface area contributed by atoms with Gasteiger partial charge in [0.15, 0.2) is 6.10 Å². The van der Waals surface area contributed by atoms with Crippen LogP contribution in [0.5, 0.6) is 5.75 Å². The van der Waals surface area contributed by atoms with Crippen LogP contribution in [0, 0.1) is 5.82 Å². The molecule has 0 fully saturated rings. The maximum atomic E-state index is 13.6. The quantitative estimate of drug-likeness (QED) is 0.915. The third kappa shape index (κ3) is 3.81. The Labute approximate surface area is 124 Å². The topological polar surface area (TPSA) is 38.3 Å². The lowest BCUT2D eigenvalue weighted by Gasteiger charge is -2.15. The average Bonchev–Trinajstić information content (AvgIpc) is 2.43. The van der Waals surface area contributed by atoms with Gasteiger partial charge in [-0.2, -0.15) is 0 Å². The van der Waals surface area contributed by atoms with Gasteiger partial charge in [-0.3, -0.25) is 4.79 Å². The number of carbonyl (C=O) groups excluding carboxylic acids is 1. The van der Waals surface area contributed by atoms with Crippen molar-refractivity contribution in [3.8, 4) is 5.75 Å². The Morgan fingerprint density at radius 2 is 1.95 bits per heavy atom. The highest BCUT2D eigenvalue weighted by molar-refractivity contribution is 9.10. The SMILES string of the molecule is C[C@@H](Oc1ccccc1)C(=O)Nc1ccc(Br)cc1F. The van der Waals surface area contributed by atoms with E-state index in [9.17, 15) is 9.18 Å². The number of rotatable bonds is 4. The highest BCUT2D eigenvalue weighted by atomic mass is 79.9. The fraction of sp³-hybridized carbons (Fsp3) is 0.133. The van der Waals surface area contributed by atoms with Gasteiger partial charge in [-0.1, -0.05) is 34.1 Å². The molecule has 0 spiro atoms. The number of nitrogens with one attached hydrogen (secondary N) is 1. The van der Waals surface area contributed by atoms with Gasteiger partial charge in [0.1, 0.15) is 11.6 Å². The Morgan fingerprint density at radius 3 is 2.60 bits per heavy atom. The molecule has 0 aliphatic heterocycles. The molecule has 5 heteroatoms. The van der Waals surface area contributed by atoms with Crippen molar-refractivity contribution in [1.82, 2.24) is 0 Å². The van der Waals surface area contributed by atoms with Crippen molar-refractivity contribution in [1.29, 1.82) is 0 Å². The molecular weight excluding hydrogens is 325 g/mol. The Morgan fingerprint density at radius 1 is 1.25 bits per heavy atom. The summed E-state index contributed by atoms with van der Waals surface area (Å²) in [6.07, 6.45) is -0.722. The van der Waals surface area contributed by atoms with Gasteiger partial charge in [-0.05, 0) is 37.3 Å². The highest BCUT2D eigenvalue weighted by Gasteiger charge is 2.16. The van der Waals surface area contributed by atoms with E-state index in [-0.39, 0.29) is 5.69 Å². The van der Waals surface area contributed by atoms with Crippen molar-refractivity contribution in [3.05, 3.63) is 58.8 Å². The molecule has 1 N–H and O–H groups in total. The fourth-order valence-corrected chi connectivity index (χ4v) is 1.92. The minimum Gasteiger partial charge on any atom is -0.481 e. The number of halogens is 2. The van der Waals surface area contributed by atoms with E-state index < -0.39 is 17.8 Å². The molecule has 0 saturated heterocycles. The summed E-state index contributed by atoms with van der Waals surface area (Å²) in [5, 5.41) is 2.50. The van der Waals surface area contributed by atoms with Crippen LogP contribution >= 0.6 is 15.9 Å². The van der Waals surface area contributed by atoms with Crippen LogP contribution in [0.15, 0.2) is 53.0 Å². The van der Waals surface area contributed by atoms with Crippen LogP contribution in [-0.4, -0.2) is 12.0 Å². The summed E-state index contributed by atoms with van der Waals surface area (Å²) in [6.45, 7) is 1.61. The molecule has 0 bridgehead atoms. The number of benzene rings is 2. The first-order valence-electron chi connectivity index (χ1n) is 6.04. The summed E-state index contributed by atoms with van der Waals surface area (Å²) < 4.78 is 19.7. The molecular formula is C15H13BrFNO2. The number of ether oxygens (including phenoxy) is 1. The zero-order valence-corrected chi connectivity index (χ0v) is 12.4. The lowest BCUT2D eigenvalue weighted by molar-refractivity contribution is -0.122. The third-order valence-electron chi connectivity index (χ3n) is 2.61. The van der Waals surface area contributed by atoms with Crippen LogP contribution in [0.1, 0.15) is 6.92 Å². The number of carbonyl (C=O) groups is 1. The molecule has 104 valence electrons. The van der Waals surface area contributed by atoms with Crippen molar-refractivity contribution < 1.29 is 13.9 Å². The molecule has 2 aromatic carbocycles. The largest absolute Gasteiger partial charge is 0.481 e. The molecule has 20 heavy (non-hydrogen) atoms. The molecule has 0 aliphatic carbocycles. The summed E-state index contributed by atoms with van der Waals surface area (Å²) in [5.74, 6) is -0.318. The zero-order valence-electron chi connectivity index (χ0n) is 10.8.